The molecule has 1 aliphatic carbocycles. The Morgan fingerprint density at radius 2 is 1.50 bits per heavy atom. The second-order valence-corrected chi connectivity index (χ2v) is 8.99. The molecule has 0 radical (unpaired) electrons. The molecular formula is C28H26N2O2. The summed E-state index contributed by atoms with van der Waals surface area (Å²) in [6, 6.07) is 25.1. The molecule has 2 heterocycles. The number of nitrogens with zero attached hydrogens (tertiary/aromatic N) is 1. The van der Waals surface area contributed by atoms with Gasteiger partial charge >= 0.3 is 6.09 Å². The molecule has 0 saturated carbocycles. The molecule has 2 bridgehead atoms. The predicted molar refractivity (Wildman–Crippen MR) is 127 cm³/mol. The number of amides is 1. The Kier molecular flexibility index (Phi) is 4.53. The smallest absolute Gasteiger partial charge is 0.410 e. The van der Waals surface area contributed by atoms with E-state index in [0.29, 0.717) is 6.61 Å². The largest absolute Gasteiger partial charge is 0.448 e. The Morgan fingerprint density at radius 3 is 2.16 bits per heavy atom. The minimum Gasteiger partial charge on any atom is -0.448 e. The fourth-order valence-electron chi connectivity index (χ4n) is 5.77. The summed E-state index contributed by atoms with van der Waals surface area (Å²) in [4.78, 5) is 15.2. The van der Waals surface area contributed by atoms with Gasteiger partial charge in [-0.3, -0.25) is 4.90 Å². The summed E-state index contributed by atoms with van der Waals surface area (Å²) >= 11 is 0. The molecule has 32 heavy (non-hydrogen) atoms. The van der Waals surface area contributed by atoms with Crippen LogP contribution >= 0.6 is 0 Å². The first-order chi connectivity index (χ1) is 15.7. The van der Waals surface area contributed by atoms with Crippen molar-refractivity contribution in [1.82, 2.24) is 4.90 Å². The number of benzene rings is 3. The first kappa shape index (κ1) is 19.2. The number of anilines is 1. The zero-order valence-electron chi connectivity index (χ0n) is 17.9. The minimum absolute atomic E-state index is 0.0824. The molecule has 3 aliphatic rings. The van der Waals surface area contributed by atoms with Gasteiger partial charge in [0.25, 0.3) is 0 Å². The molecule has 160 valence electrons. The first-order valence-corrected chi connectivity index (χ1v) is 11.4. The third-order valence-electron chi connectivity index (χ3n) is 7.25. The topological polar surface area (TPSA) is 55.6 Å². The first-order valence-electron chi connectivity index (χ1n) is 11.4. The average molecular weight is 423 g/mol. The minimum atomic E-state index is -0.198. The van der Waals surface area contributed by atoms with Crippen LogP contribution in [0.4, 0.5) is 10.5 Å². The number of carbonyl (C=O) groups excluding carboxylic acids is 1. The van der Waals surface area contributed by atoms with Gasteiger partial charge in [0.05, 0.1) is 6.04 Å². The Bertz CT molecular complexity index is 1190. The molecule has 4 nitrogen and oxygen atoms in total. The third kappa shape index (κ3) is 3.01. The fraction of sp³-hybridized carbons (Fsp3) is 0.250. The van der Waals surface area contributed by atoms with Crippen LogP contribution in [0.1, 0.15) is 41.9 Å². The molecule has 3 aromatic carbocycles. The highest BCUT2D eigenvalue weighted by Crippen LogP contribution is 2.45. The fourth-order valence-corrected chi connectivity index (χ4v) is 5.77. The number of hydrogen-bond donors (Lipinski definition) is 1. The van der Waals surface area contributed by atoms with E-state index in [1.54, 1.807) is 0 Å². The molecule has 3 aromatic rings. The zero-order chi connectivity index (χ0) is 21.7. The number of nitrogen functional groups attached to an aromatic ring is 1. The number of nitrogens with two attached hydrogens (primary N) is 1. The number of carbonyl (C=O) groups is 1. The number of para-hydroxylation sites is 1. The standard InChI is InChI=1S/C28H26N2O2/c29-27-12-6-5-7-21(27)18-15-19-13-14-20(16-18)30(19)28(31)32-17-26-24-10-3-1-8-22(24)23-9-2-4-11-25(23)26/h1-12,15,19-20,26H,13-14,16-17,29H2. The van der Waals surface area contributed by atoms with Crippen LogP contribution in [0.3, 0.4) is 0 Å². The molecule has 2 atom stereocenters. The van der Waals surface area contributed by atoms with E-state index in [2.05, 4.69) is 60.7 Å². The van der Waals surface area contributed by atoms with Crippen LogP contribution in [-0.2, 0) is 4.74 Å². The van der Waals surface area contributed by atoms with Crippen molar-refractivity contribution < 1.29 is 9.53 Å². The monoisotopic (exact) mass is 422 g/mol. The highest BCUT2D eigenvalue weighted by atomic mass is 16.6. The summed E-state index contributed by atoms with van der Waals surface area (Å²) in [5.74, 6) is 0.0870. The Labute approximate surface area is 188 Å². The lowest BCUT2D eigenvalue weighted by Gasteiger charge is -2.34. The van der Waals surface area contributed by atoms with Crippen molar-refractivity contribution in [3.63, 3.8) is 0 Å². The molecule has 4 heteroatoms. The van der Waals surface area contributed by atoms with E-state index in [0.717, 1.165) is 30.5 Å². The highest BCUT2D eigenvalue weighted by molar-refractivity contribution is 5.80. The summed E-state index contributed by atoms with van der Waals surface area (Å²) < 4.78 is 5.96. The van der Waals surface area contributed by atoms with Gasteiger partial charge in [-0.15, -0.1) is 0 Å². The Hall–Kier alpha value is -3.53. The average Bonchev–Trinajstić information content (AvgIpc) is 3.29. The van der Waals surface area contributed by atoms with E-state index in [1.165, 1.54) is 27.8 Å². The van der Waals surface area contributed by atoms with Crippen LogP contribution in [0.15, 0.2) is 78.9 Å². The normalized spacial score (nSPS) is 21.1. The Balaban J connectivity index is 1.21. The highest BCUT2D eigenvalue weighted by Gasteiger charge is 2.41. The van der Waals surface area contributed by atoms with Crippen molar-refractivity contribution in [3.05, 3.63) is 95.6 Å². The lowest BCUT2D eigenvalue weighted by molar-refractivity contribution is 0.0867. The van der Waals surface area contributed by atoms with Gasteiger partial charge in [0.2, 0.25) is 0 Å². The van der Waals surface area contributed by atoms with Crippen LogP contribution in [0.2, 0.25) is 0 Å². The van der Waals surface area contributed by atoms with E-state index in [4.69, 9.17) is 10.5 Å². The zero-order valence-corrected chi connectivity index (χ0v) is 17.9. The van der Waals surface area contributed by atoms with Gasteiger partial charge in [0.1, 0.15) is 6.61 Å². The van der Waals surface area contributed by atoms with E-state index in [-0.39, 0.29) is 24.1 Å². The van der Waals surface area contributed by atoms with Crippen molar-refractivity contribution in [2.45, 2.75) is 37.3 Å². The summed E-state index contributed by atoms with van der Waals surface area (Å²) in [5.41, 5.74) is 14.3. The van der Waals surface area contributed by atoms with Gasteiger partial charge < -0.3 is 10.5 Å². The van der Waals surface area contributed by atoms with E-state index in [1.807, 2.05) is 23.1 Å². The van der Waals surface area contributed by atoms with E-state index >= 15 is 0 Å². The molecule has 2 unspecified atom stereocenters. The van der Waals surface area contributed by atoms with Crippen LogP contribution in [0.25, 0.3) is 16.7 Å². The van der Waals surface area contributed by atoms with Gasteiger partial charge in [-0.05, 0) is 53.2 Å². The summed E-state index contributed by atoms with van der Waals surface area (Å²) in [6.07, 6.45) is 4.83. The van der Waals surface area contributed by atoms with Gasteiger partial charge in [-0.1, -0.05) is 72.8 Å². The maximum atomic E-state index is 13.2. The lowest BCUT2D eigenvalue weighted by Crippen LogP contribution is -2.43. The van der Waals surface area contributed by atoms with Crippen LogP contribution in [0, 0.1) is 0 Å². The number of hydrogen-bond acceptors (Lipinski definition) is 3. The number of fused-ring (bicyclic) bond motifs is 5. The SMILES string of the molecule is Nc1ccccc1C1=CC2CCC(C1)N2C(=O)OCC1c2ccccc2-c2ccccc21. The van der Waals surface area contributed by atoms with Crippen molar-refractivity contribution >= 4 is 17.4 Å². The summed E-state index contributed by atoms with van der Waals surface area (Å²) in [7, 11) is 0. The molecule has 1 amide bonds. The molecule has 6 rings (SSSR count). The number of ether oxygens (including phenoxy) is 1. The van der Waals surface area contributed by atoms with Gasteiger partial charge in [0.15, 0.2) is 0 Å². The van der Waals surface area contributed by atoms with E-state index < -0.39 is 0 Å². The molecule has 0 aromatic heterocycles. The maximum absolute atomic E-state index is 13.2. The lowest BCUT2D eigenvalue weighted by atomic mass is 9.94. The van der Waals surface area contributed by atoms with Crippen LogP contribution < -0.4 is 5.73 Å². The van der Waals surface area contributed by atoms with Crippen molar-refractivity contribution in [2.24, 2.45) is 0 Å². The van der Waals surface area contributed by atoms with E-state index in [9.17, 15) is 4.79 Å². The van der Waals surface area contributed by atoms with Crippen LogP contribution in [-0.4, -0.2) is 29.7 Å². The molecular weight excluding hydrogens is 396 g/mol. The predicted octanol–water partition coefficient (Wildman–Crippen LogP) is 5.84. The number of rotatable bonds is 3. The maximum Gasteiger partial charge on any atom is 0.410 e. The van der Waals surface area contributed by atoms with Crippen LogP contribution in [0.5, 0.6) is 0 Å². The van der Waals surface area contributed by atoms with Gasteiger partial charge in [-0.2, -0.15) is 0 Å². The van der Waals surface area contributed by atoms with Gasteiger partial charge in [-0.25, -0.2) is 4.79 Å². The second-order valence-electron chi connectivity index (χ2n) is 8.99. The Morgan fingerprint density at radius 1 is 0.875 bits per heavy atom. The quantitative estimate of drug-likeness (QED) is 0.540. The molecule has 1 saturated heterocycles. The van der Waals surface area contributed by atoms with Crippen molar-refractivity contribution in [2.75, 3.05) is 12.3 Å². The third-order valence-corrected chi connectivity index (χ3v) is 7.25. The second kappa shape index (κ2) is 7.56. The summed E-state index contributed by atoms with van der Waals surface area (Å²) in [6.45, 7) is 0.366. The van der Waals surface area contributed by atoms with Gasteiger partial charge in [0, 0.05) is 23.2 Å². The molecule has 1 fully saturated rings. The summed E-state index contributed by atoms with van der Waals surface area (Å²) in [5, 5.41) is 0. The van der Waals surface area contributed by atoms with Crippen molar-refractivity contribution in [3.8, 4) is 11.1 Å². The molecule has 2 N–H and O–H groups in total. The molecule has 2 aliphatic heterocycles. The molecule has 0 spiro atoms. The van der Waals surface area contributed by atoms with Crippen molar-refractivity contribution in [1.29, 1.82) is 0 Å².